The zero-order valence-corrected chi connectivity index (χ0v) is 9.40. The van der Waals surface area contributed by atoms with Crippen LogP contribution in [0.2, 0.25) is 0 Å². The van der Waals surface area contributed by atoms with Gasteiger partial charge in [0.1, 0.15) is 0 Å². The topological polar surface area (TPSA) is 57.6 Å². The Kier molecular flexibility index (Phi) is 4.12. The van der Waals surface area contributed by atoms with E-state index in [9.17, 15) is 9.59 Å². The first-order valence-corrected chi connectivity index (χ1v) is 5.55. The SMILES string of the molecule is CCC(C)CN1CC(C(=O)O)CCC1=O. The number of hydrogen-bond acceptors (Lipinski definition) is 2. The highest BCUT2D eigenvalue weighted by Crippen LogP contribution is 2.19. The summed E-state index contributed by atoms with van der Waals surface area (Å²) in [5.41, 5.74) is 0. The van der Waals surface area contributed by atoms with Crippen LogP contribution in [0.1, 0.15) is 33.1 Å². The molecule has 1 rings (SSSR count). The van der Waals surface area contributed by atoms with Crippen molar-refractivity contribution in [1.82, 2.24) is 4.90 Å². The van der Waals surface area contributed by atoms with Crippen LogP contribution in [0, 0.1) is 11.8 Å². The fourth-order valence-corrected chi connectivity index (χ4v) is 1.80. The second kappa shape index (κ2) is 5.14. The number of piperidine rings is 1. The summed E-state index contributed by atoms with van der Waals surface area (Å²) in [6.07, 6.45) is 1.89. The molecule has 4 nitrogen and oxygen atoms in total. The highest BCUT2D eigenvalue weighted by molar-refractivity contribution is 5.80. The monoisotopic (exact) mass is 213 g/mol. The van der Waals surface area contributed by atoms with Crippen LogP contribution in [0.5, 0.6) is 0 Å². The molecule has 1 heterocycles. The van der Waals surface area contributed by atoms with Crippen molar-refractivity contribution in [2.24, 2.45) is 11.8 Å². The predicted octanol–water partition coefficient (Wildman–Crippen LogP) is 1.36. The molecule has 1 N–H and O–H groups in total. The van der Waals surface area contributed by atoms with E-state index in [2.05, 4.69) is 13.8 Å². The van der Waals surface area contributed by atoms with E-state index in [1.807, 2.05) is 0 Å². The second-order valence-corrected chi connectivity index (χ2v) is 4.39. The fourth-order valence-electron chi connectivity index (χ4n) is 1.80. The third kappa shape index (κ3) is 3.22. The molecule has 4 heteroatoms. The van der Waals surface area contributed by atoms with Crippen molar-refractivity contribution in [2.45, 2.75) is 33.1 Å². The zero-order valence-electron chi connectivity index (χ0n) is 9.40. The average molecular weight is 213 g/mol. The number of likely N-dealkylation sites (tertiary alicyclic amines) is 1. The van der Waals surface area contributed by atoms with Gasteiger partial charge in [0.2, 0.25) is 5.91 Å². The molecule has 86 valence electrons. The van der Waals surface area contributed by atoms with Gasteiger partial charge in [-0.25, -0.2) is 0 Å². The van der Waals surface area contributed by atoms with E-state index in [1.165, 1.54) is 0 Å². The molecule has 15 heavy (non-hydrogen) atoms. The second-order valence-electron chi connectivity index (χ2n) is 4.39. The summed E-state index contributed by atoms with van der Waals surface area (Å²) in [6, 6.07) is 0. The largest absolute Gasteiger partial charge is 0.481 e. The van der Waals surface area contributed by atoms with E-state index in [1.54, 1.807) is 4.90 Å². The van der Waals surface area contributed by atoms with Crippen molar-refractivity contribution < 1.29 is 14.7 Å². The van der Waals surface area contributed by atoms with Gasteiger partial charge in [-0.1, -0.05) is 20.3 Å². The van der Waals surface area contributed by atoms with Gasteiger partial charge in [0.25, 0.3) is 0 Å². The minimum Gasteiger partial charge on any atom is -0.481 e. The Morgan fingerprint density at radius 1 is 1.67 bits per heavy atom. The van der Waals surface area contributed by atoms with Crippen LogP contribution in [0.15, 0.2) is 0 Å². The number of aliphatic carboxylic acids is 1. The number of hydrogen-bond donors (Lipinski definition) is 1. The lowest BCUT2D eigenvalue weighted by Gasteiger charge is -2.32. The average Bonchev–Trinajstić information content (AvgIpc) is 2.20. The maximum Gasteiger partial charge on any atom is 0.308 e. The van der Waals surface area contributed by atoms with Gasteiger partial charge in [-0.3, -0.25) is 9.59 Å². The van der Waals surface area contributed by atoms with E-state index in [-0.39, 0.29) is 11.8 Å². The highest BCUT2D eigenvalue weighted by atomic mass is 16.4. The molecule has 0 bridgehead atoms. The van der Waals surface area contributed by atoms with Gasteiger partial charge in [-0.15, -0.1) is 0 Å². The number of carboxylic acids is 1. The summed E-state index contributed by atoms with van der Waals surface area (Å²) < 4.78 is 0. The molecular formula is C11H19NO3. The van der Waals surface area contributed by atoms with E-state index in [4.69, 9.17) is 5.11 Å². The third-order valence-electron chi connectivity index (χ3n) is 3.08. The minimum absolute atomic E-state index is 0.104. The zero-order chi connectivity index (χ0) is 11.4. The molecule has 1 aliphatic rings. The summed E-state index contributed by atoms with van der Waals surface area (Å²) in [5.74, 6) is -0.599. The van der Waals surface area contributed by atoms with Crippen molar-refractivity contribution in [3.8, 4) is 0 Å². The van der Waals surface area contributed by atoms with Crippen LogP contribution in [-0.4, -0.2) is 35.0 Å². The Morgan fingerprint density at radius 2 is 2.33 bits per heavy atom. The Bertz CT molecular complexity index is 252. The molecule has 0 aliphatic carbocycles. The summed E-state index contributed by atoms with van der Waals surface area (Å²) >= 11 is 0. The summed E-state index contributed by atoms with van der Waals surface area (Å²) in [7, 11) is 0. The Morgan fingerprint density at radius 3 is 2.87 bits per heavy atom. The fraction of sp³-hybridized carbons (Fsp3) is 0.818. The lowest BCUT2D eigenvalue weighted by Crippen LogP contribution is -2.44. The van der Waals surface area contributed by atoms with Crippen molar-refractivity contribution >= 4 is 11.9 Å². The predicted molar refractivity (Wildman–Crippen MR) is 56.4 cm³/mol. The van der Waals surface area contributed by atoms with Crippen molar-refractivity contribution in [3.05, 3.63) is 0 Å². The molecule has 1 amide bonds. The molecule has 0 aromatic carbocycles. The van der Waals surface area contributed by atoms with Crippen molar-refractivity contribution in [3.63, 3.8) is 0 Å². The molecule has 0 radical (unpaired) electrons. The van der Waals surface area contributed by atoms with Gasteiger partial charge < -0.3 is 10.0 Å². The molecule has 2 atom stereocenters. The Balaban J connectivity index is 2.53. The molecule has 0 spiro atoms. The smallest absolute Gasteiger partial charge is 0.308 e. The summed E-state index contributed by atoms with van der Waals surface area (Å²) in [6.45, 7) is 5.24. The first kappa shape index (κ1) is 12.0. The van der Waals surface area contributed by atoms with Crippen LogP contribution in [0.4, 0.5) is 0 Å². The number of amides is 1. The molecule has 1 aliphatic heterocycles. The first-order chi connectivity index (χ1) is 7.04. The van der Waals surface area contributed by atoms with Crippen LogP contribution in [-0.2, 0) is 9.59 Å². The molecule has 1 fully saturated rings. The van der Waals surface area contributed by atoms with Gasteiger partial charge in [-0.2, -0.15) is 0 Å². The van der Waals surface area contributed by atoms with Gasteiger partial charge in [0.05, 0.1) is 5.92 Å². The van der Waals surface area contributed by atoms with Crippen LogP contribution in [0.25, 0.3) is 0 Å². The lowest BCUT2D eigenvalue weighted by molar-refractivity contribution is -0.147. The summed E-state index contributed by atoms with van der Waals surface area (Å²) in [4.78, 5) is 24.1. The normalized spacial score (nSPS) is 24.0. The van der Waals surface area contributed by atoms with E-state index >= 15 is 0 Å². The molecule has 2 unspecified atom stereocenters. The maximum absolute atomic E-state index is 11.5. The summed E-state index contributed by atoms with van der Waals surface area (Å²) in [5, 5.41) is 8.90. The van der Waals surface area contributed by atoms with Crippen molar-refractivity contribution in [1.29, 1.82) is 0 Å². The van der Waals surface area contributed by atoms with Gasteiger partial charge in [-0.05, 0) is 12.3 Å². The number of nitrogens with zero attached hydrogens (tertiary/aromatic N) is 1. The maximum atomic E-state index is 11.5. The molecule has 0 aromatic heterocycles. The molecule has 0 aromatic rings. The van der Waals surface area contributed by atoms with Crippen LogP contribution >= 0.6 is 0 Å². The molecular weight excluding hydrogens is 194 g/mol. The number of rotatable bonds is 4. The van der Waals surface area contributed by atoms with Gasteiger partial charge in [0, 0.05) is 19.5 Å². The quantitative estimate of drug-likeness (QED) is 0.767. The Hall–Kier alpha value is -1.06. The number of carboxylic acid groups (broad SMARTS) is 1. The van der Waals surface area contributed by atoms with Crippen LogP contribution in [0.3, 0.4) is 0 Å². The minimum atomic E-state index is -0.781. The third-order valence-corrected chi connectivity index (χ3v) is 3.08. The van der Waals surface area contributed by atoms with Crippen molar-refractivity contribution in [2.75, 3.05) is 13.1 Å². The van der Waals surface area contributed by atoms with Gasteiger partial charge >= 0.3 is 5.97 Å². The molecule has 1 saturated heterocycles. The number of carbonyl (C=O) groups excluding carboxylic acids is 1. The van der Waals surface area contributed by atoms with Gasteiger partial charge in [0.15, 0.2) is 0 Å². The van der Waals surface area contributed by atoms with E-state index in [0.717, 1.165) is 6.42 Å². The highest BCUT2D eigenvalue weighted by Gasteiger charge is 2.30. The van der Waals surface area contributed by atoms with Crippen LogP contribution < -0.4 is 0 Å². The first-order valence-electron chi connectivity index (χ1n) is 5.55. The van der Waals surface area contributed by atoms with E-state index in [0.29, 0.717) is 31.8 Å². The lowest BCUT2D eigenvalue weighted by atomic mass is 9.96. The standard InChI is InChI=1S/C11H19NO3/c1-3-8(2)6-12-7-9(11(14)15)4-5-10(12)13/h8-9H,3-7H2,1-2H3,(H,14,15). The molecule has 0 saturated carbocycles. The Labute approximate surface area is 90.3 Å². The number of carbonyl (C=O) groups is 2. The van der Waals surface area contributed by atoms with E-state index < -0.39 is 5.97 Å².